The minimum absolute atomic E-state index is 0.0391. The first-order valence-electron chi connectivity index (χ1n) is 9.34. The summed E-state index contributed by atoms with van der Waals surface area (Å²) in [5.74, 6) is 0.0391. The van der Waals surface area contributed by atoms with E-state index in [0.29, 0.717) is 28.7 Å². The van der Waals surface area contributed by atoms with Gasteiger partial charge in [0.2, 0.25) is 5.60 Å². The molecule has 1 N–H and O–H groups in total. The predicted octanol–water partition coefficient (Wildman–Crippen LogP) is 4.70. The van der Waals surface area contributed by atoms with Gasteiger partial charge in [0.1, 0.15) is 0 Å². The van der Waals surface area contributed by atoms with E-state index in [-0.39, 0.29) is 23.5 Å². The topological polar surface area (TPSA) is 55.1 Å². The molecule has 0 saturated carbocycles. The van der Waals surface area contributed by atoms with Gasteiger partial charge in [-0.05, 0) is 23.1 Å². The van der Waals surface area contributed by atoms with Crippen molar-refractivity contribution in [2.75, 3.05) is 0 Å². The summed E-state index contributed by atoms with van der Waals surface area (Å²) in [7, 11) is 0. The monoisotopic (exact) mass is 400 g/mol. The van der Waals surface area contributed by atoms with Gasteiger partial charge < -0.3 is 5.11 Å². The molecule has 1 unspecified atom stereocenters. The van der Waals surface area contributed by atoms with Crippen LogP contribution in [-0.2, 0) is 16.9 Å². The van der Waals surface area contributed by atoms with Crippen LogP contribution in [0.15, 0.2) is 54.9 Å². The molecule has 1 aromatic heterocycles. The van der Waals surface area contributed by atoms with Crippen LogP contribution in [0.25, 0.3) is 22.3 Å². The van der Waals surface area contributed by atoms with E-state index in [1.165, 1.54) is 35.1 Å². The maximum absolute atomic E-state index is 14.0. The lowest BCUT2D eigenvalue weighted by Gasteiger charge is -2.28. The Hall–Kier alpha value is -2.93. The summed E-state index contributed by atoms with van der Waals surface area (Å²) in [6.07, 6.45) is -0.503. The van der Waals surface area contributed by atoms with Crippen LogP contribution in [0, 0.1) is 0 Å². The lowest BCUT2D eigenvalue weighted by molar-refractivity contribution is -0.246. The second-order valence-corrected chi connectivity index (χ2v) is 7.20. The third-order valence-electron chi connectivity index (χ3n) is 5.26. The van der Waals surface area contributed by atoms with Crippen molar-refractivity contribution in [3.05, 3.63) is 66.0 Å². The summed E-state index contributed by atoms with van der Waals surface area (Å²) < 4.78 is 43.3. The molecule has 29 heavy (non-hydrogen) atoms. The first kappa shape index (κ1) is 19.4. The summed E-state index contributed by atoms with van der Waals surface area (Å²) in [6, 6.07) is 10.5. The summed E-state index contributed by atoms with van der Waals surface area (Å²) in [5, 5.41) is 15.0. The first-order valence-corrected chi connectivity index (χ1v) is 9.34. The van der Waals surface area contributed by atoms with Crippen molar-refractivity contribution < 1.29 is 23.1 Å². The molecule has 1 atom stereocenters. The number of Topliss-reactive ketones (excluding diaryl/α,β-unsaturated/α-hetero) is 1. The van der Waals surface area contributed by atoms with E-state index in [0.717, 1.165) is 6.42 Å². The summed E-state index contributed by atoms with van der Waals surface area (Å²) >= 11 is 0. The number of alkyl halides is 3. The highest BCUT2D eigenvalue weighted by molar-refractivity contribution is 5.92. The molecule has 2 aromatic carbocycles. The van der Waals surface area contributed by atoms with Gasteiger partial charge in [-0.2, -0.15) is 18.3 Å². The quantitative estimate of drug-likeness (QED) is 0.676. The molecule has 1 aliphatic rings. The SMILES string of the molecule is CCCC(=O)Cn1cc(-c2cccc3c2-c2ccccc2C3(O)C(F)(F)F)cn1. The maximum atomic E-state index is 14.0. The number of fused-ring (bicyclic) bond motifs is 3. The number of aromatic nitrogens is 2. The normalized spacial score (nSPS) is 17.8. The number of ketones is 1. The lowest BCUT2D eigenvalue weighted by Crippen LogP contribution is -2.41. The van der Waals surface area contributed by atoms with Crippen LogP contribution in [-0.4, -0.2) is 26.8 Å². The van der Waals surface area contributed by atoms with Gasteiger partial charge in [0.15, 0.2) is 5.78 Å². The molecule has 4 nitrogen and oxygen atoms in total. The smallest absolute Gasteiger partial charge is 0.372 e. The van der Waals surface area contributed by atoms with Gasteiger partial charge in [-0.3, -0.25) is 9.48 Å². The van der Waals surface area contributed by atoms with Gasteiger partial charge in [0, 0.05) is 29.3 Å². The zero-order valence-electron chi connectivity index (χ0n) is 15.7. The molecule has 150 valence electrons. The molecular formula is C22H19F3N2O2. The van der Waals surface area contributed by atoms with Crippen molar-refractivity contribution in [1.82, 2.24) is 9.78 Å². The third-order valence-corrected chi connectivity index (χ3v) is 5.26. The molecule has 0 aliphatic heterocycles. The Morgan fingerprint density at radius 3 is 2.52 bits per heavy atom. The highest BCUT2D eigenvalue weighted by atomic mass is 19.4. The van der Waals surface area contributed by atoms with Gasteiger partial charge in [-0.1, -0.05) is 49.4 Å². The Kier molecular flexibility index (Phi) is 4.58. The Bertz CT molecular complexity index is 1090. The molecule has 0 spiro atoms. The Balaban J connectivity index is 1.86. The van der Waals surface area contributed by atoms with Crippen LogP contribution in [0.2, 0.25) is 0 Å². The number of rotatable bonds is 5. The predicted molar refractivity (Wildman–Crippen MR) is 102 cm³/mol. The molecule has 0 amide bonds. The highest BCUT2D eigenvalue weighted by Crippen LogP contribution is 2.56. The van der Waals surface area contributed by atoms with Crippen molar-refractivity contribution in [3.63, 3.8) is 0 Å². The van der Waals surface area contributed by atoms with Crippen LogP contribution >= 0.6 is 0 Å². The Morgan fingerprint density at radius 1 is 1.10 bits per heavy atom. The van der Waals surface area contributed by atoms with E-state index in [1.807, 2.05) is 6.92 Å². The van der Waals surface area contributed by atoms with E-state index in [4.69, 9.17) is 0 Å². The summed E-state index contributed by atoms with van der Waals surface area (Å²) in [4.78, 5) is 11.9. The van der Waals surface area contributed by atoms with E-state index >= 15 is 0 Å². The van der Waals surface area contributed by atoms with Crippen LogP contribution in [0.3, 0.4) is 0 Å². The van der Waals surface area contributed by atoms with E-state index < -0.39 is 11.8 Å². The van der Waals surface area contributed by atoms with E-state index in [2.05, 4.69) is 5.10 Å². The fraction of sp³-hybridized carbons (Fsp3) is 0.273. The van der Waals surface area contributed by atoms with Gasteiger partial charge >= 0.3 is 6.18 Å². The number of aliphatic hydroxyl groups is 1. The number of benzene rings is 2. The number of hydrogen-bond donors (Lipinski definition) is 1. The van der Waals surface area contributed by atoms with Crippen molar-refractivity contribution in [3.8, 4) is 22.3 Å². The lowest BCUT2D eigenvalue weighted by atomic mass is 9.89. The largest absolute Gasteiger partial charge is 0.425 e. The maximum Gasteiger partial charge on any atom is 0.425 e. The number of nitrogens with zero attached hydrogens (tertiary/aromatic N) is 2. The minimum atomic E-state index is -4.87. The van der Waals surface area contributed by atoms with Crippen LogP contribution in [0.1, 0.15) is 30.9 Å². The van der Waals surface area contributed by atoms with Crippen LogP contribution < -0.4 is 0 Å². The second kappa shape index (κ2) is 6.84. The Morgan fingerprint density at radius 2 is 1.79 bits per heavy atom. The van der Waals surface area contributed by atoms with Crippen molar-refractivity contribution in [1.29, 1.82) is 0 Å². The fourth-order valence-corrected chi connectivity index (χ4v) is 3.98. The molecule has 1 aliphatic carbocycles. The molecule has 0 saturated heterocycles. The van der Waals surface area contributed by atoms with Gasteiger partial charge in [0.25, 0.3) is 0 Å². The van der Waals surface area contributed by atoms with Crippen molar-refractivity contribution in [2.24, 2.45) is 0 Å². The fourth-order valence-electron chi connectivity index (χ4n) is 3.98. The molecule has 0 bridgehead atoms. The molecule has 1 heterocycles. The number of halogens is 3. The van der Waals surface area contributed by atoms with Gasteiger partial charge in [0.05, 0.1) is 12.7 Å². The number of hydrogen-bond acceptors (Lipinski definition) is 3. The first-order chi connectivity index (χ1) is 13.8. The van der Waals surface area contributed by atoms with E-state index in [1.54, 1.807) is 24.4 Å². The summed E-state index contributed by atoms with van der Waals surface area (Å²) in [5.41, 5.74) is -1.65. The third kappa shape index (κ3) is 2.97. The Labute approximate surface area is 165 Å². The summed E-state index contributed by atoms with van der Waals surface area (Å²) in [6.45, 7) is 2.03. The van der Waals surface area contributed by atoms with E-state index in [9.17, 15) is 23.1 Å². The molecule has 0 radical (unpaired) electrons. The number of carbonyl (C=O) groups is 1. The average molecular weight is 400 g/mol. The van der Waals surface area contributed by atoms with Gasteiger partial charge in [-0.25, -0.2) is 0 Å². The molecule has 4 rings (SSSR count). The minimum Gasteiger partial charge on any atom is -0.372 e. The standard InChI is InChI=1S/C22H19F3N2O2/c1-2-6-15(28)13-27-12-14(11-26-27)16-8-5-10-19-20(16)17-7-3-4-9-18(17)21(19,29)22(23,24)25/h3-5,7-12,29H,2,6,13H2,1H3. The highest BCUT2D eigenvalue weighted by Gasteiger charge is 2.61. The van der Waals surface area contributed by atoms with Crippen molar-refractivity contribution >= 4 is 5.78 Å². The van der Waals surface area contributed by atoms with Crippen LogP contribution in [0.5, 0.6) is 0 Å². The molecule has 3 aromatic rings. The number of carbonyl (C=O) groups excluding carboxylic acids is 1. The zero-order chi connectivity index (χ0) is 20.8. The molecule has 7 heteroatoms. The average Bonchev–Trinajstić information content (AvgIpc) is 3.24. The molecular weight excluding hydrogens is 381 g/mol. The van der Waals surface area contributed by atoms with Gasteiger partial charge in [-0.15, -0.1) is 0 Å². The zero-order valence-corrected chi connectivity index (χ0v) is 15.7. The second-order valence-electron chi connectivity index (χ2n) is 7.20. The molecule has 0 fully saturated rings. The van der Waals surface area contributed by atoms with Crippen LogP contribution in [0.4, 0.5) is 13.2 Å². The van der Waals surface area contributed by atoms with Crippen molar-refractivity contribution in [2.45, 2.75) is 38.1 Å².